The van der Waals surface area contributed by atoms with Crippen LogP contribution in [0.2, 0.25) is 0 Å². The fraction of sp³-hybridized carbons (Fsp3) is 0.0952. The number of carbonyl (C=O) groups excluding carboxylic acids is 1. The van der Waals surface area contributed by atoms with Crippen molar-refractivity contribution in [2.45, 2.75) is 6.92 Å². The van der Waals surface area contributed by atoms with Gasteiger partial charge in [0.1, 0.15) is 5.75 Å². The molecule has 7 nitrogen and oxygen atoms in total. The van der Waals surface area contributed by atoms with E-state index in [0.29, 0.717) is 28.6 Å². The molecule has 2 aromatic carbocycles. The first-order valence-corrected chi connectivity index (χ1v) is 8.65. The Labute approximate surface area is 161 Å². The standard InChI is InChI=1S/C21H17N3O4/c1-14-8-10-15(11-9-14)27-13-19(25)22-17-6-3-2-5-16(17)21-23-20(24-28-21)18-7-4-12-26-18/h2-12H,13H2,1H3,(H,22,25). The van der Waals surface area contributed by atoms with Crippen LogP contribution in [0.25, 0.3) is 23.0 Å². The quantitative estimate of drug-likeness (QED) is 0.540. The highest BCUT2D eigenvalue weighted by Gasteiger charge is 2.16. The minimum Gasteiger partial charge on any atom is -0.484 e. The van der Waals surface area contributed by atoms with Crippen LogP contribution in [0, 0.1) is 6.92 Å². The Kier molecular flexibility index (Phi) is 4.88. The number of carbonyl (C=O) groups is 1. The summed E-state index contributed by atoms with van der Waals surface area (Å²) in [6.45, 7) is 1.88. The van der Waals surface area contributed by atoms with Gasteiger partial charge >= 0.3 is 0 Å². The Hall–Kier alpha value is -3.87. The summed E-state index contributed by atoms with van der Waals surface area (Å²) in [4.78, 5) is 16.6. The van der Waals surface area contributed by atoms with Crippen molar-refractivity contribution in [3.05, 3.63) is 72.5 Å². The number of aromatic nitrogens is 2. The van der Waals surface area contributed by atoms with Crippen LogP contribution in [0.15, 0.2) is 75.9 Å². The number of aryl methyl sites for hydroxylation is 1. The number of hydrogen-bond acceptors (Lipinski definition) is 6. The van der Waals surface area contributed by atoms with Gasteiger partial charge in [-0.2, -0.15) is 4.98 Å². The van der Waals surface area contributed by atoms with E-state index in [-0.39, 0.29) is 18.4 Å². The van der Waals surface area contributed by atoms with Crippen LogP contribution < -0.4 is 10.1 Å². The highest BCUT2D eigenvalue weighted by molar-refractivity contribution is 5.95. The second-order valence-corrected chi connectivity index (χ2v) is 6.10. The molecule has 4 aromatic rings. The number of para-hydroxylation sites is 1. The number of furan rings is 1. The zero-order valence-electron chi connectivity index (χ0n) is 15.1. The SMILES string of the molecule is Cc1ccc(OCC(=O)Nc2ccccc2-c2nc(-c3ccco3)no2)cc1. The summed E-state index contributed by atoms with van der Waals surface area (Å²) in [5.74, 6) is 1.46. The van der Waals surface area contributed by atoms with Crippen LogP contribution in [-0.4, -0.2) is 22.7 Å². The lowest BCUT2D eigenvalue weighted by Crippen LogP contribution is -2.20. The molecule has 28 heavy (non-hydrogen) atoms. The molecule has 0 aliphatic carbocycles. The molecule has 7 heteroatoms. The molecule has 1 amide bonds. The molecule has 0 aliphatic rings. The van der Waals surface area contributed by atoms with Crippen LogP contribution in [0.5, 0.6) is 5.75 Å². The summed E-state index contributed by atoms with van der Waals surface area (Å²) in [7, 11) is 0. The first-order valence-electron chi connectivity index (χ1n) is 8.65. The molecule has 0 atom stereocenters. The zero-order valence-corrected chi connectivity index (χ0v) is 15.1. The summed E-state index contributed by atoms with van der Waals surface area (Å²) in [6.07, 6.45) is 1.54. The average molecular weight is 375 g/mol. The number of nitrogens with zero attached hydrogens (tertiary/aromatic N) is 2. The Bertz CT molecular complexity index is 1070. The first-order chi connectivity index (χ1) is 13.7. The van der Waals surface area contributed by atoms with Gasteiger partial charge in [0.2, 0.25) is 5.82 Å². The lowest BCUT2D eigenvalue weighted by atomic mass is 10.1. The van der Waals surface area contributed by atoms with Crippen molar-refractivity contribution in [2.24, 2.45) is 0 Å². The third kappa shape index (κ3) is 3.93. The number of ether oxygens (including phenoxy) is 1. The maximum Gasteiger partial charge on any atom is 0.262 e. The van der Waals surface area contributed by atoms with E-state index < -0.39 is 0 Å². The van der Waals surface area contributed by atoms with Gasteiger partial charge in [-0.15, -0.1) is 0 Å². The highest BCUT2D eigenvalue weighted by atomic mass is 16.5. The third-order valence-electron chi connectivity index (χ3n) is 3.99. The molecule has 0 bridgehead atoms. The Morgan fingerprint density at radius 1 is 1.07 bits per heavy atom. The summed E-state index contributed by atoms with van der Waals surface area (Å²) < 4.78 is 16.1. The molecule has 140 valence electrons. The van der Waals surface area contributed by atoms with Gasteiger partial charge in [0.05, 0.1) is 17.5 Å². The largest absolute Gasteiger partial charge is 0.484 e. The first kappa shape index (κ1) is 17.5. The molecule has 2 aromatic heterocycles. The summed E-state index contributed by atoms with van der Waals surface area (Å²) in [5, 5.41) is 6.74. The number of rotatable bonds is 6. The number of hydrogen-bond donors (Lipinski definition) is 1. The van der Waals surface area contributed by atoms with Gasteiger partial charge in [0.15, 0.2) is 12.4 Å². The maximum absolute atomic E-state index is 12.3. The Balaban J connectivity index is 1.47. The van der Waals surface area contributed by atoms with Crippen molar-refractivity contribution in [3.63, 3.8) is 0 Å². The van der Waals surface area contributed by atoms with Crippen LogP contribution in [0.1, 0.15) is 5.56 Å². The van der Waals surface area contributed by atoms with Crippen molar-refractivity contribution >= 4 is 11.6 Å². The van der Waals surface area contributed by atoms with Gasteiger partial charge in [0.25, 0.3) is 11.8 Å². The zero-order chi connectivity index (χ0) is 19.3. The van der Waals surface area contributed by atoms with Crippen molar-refractivity contribution in [2.75, 3.05) is 11.9 Å². The molecular weight excluding hydrogens is 358 g/mol. The van der Waals surface area contributed by atoms with Crippen LogP contribution in [0.3, 0.4) is 0 Å². The molecule has 0 radical (unpaired) electrons. The molecule has 2 heterocycles. The van der Waals surface area contributed by atoms with Gasteiger partial charge < -0.3 is 19.0 Å². The monoisotopic (exact) mass is 375 g/mol. The van der Waals surface area contributed by atoms with Crippen molar-refractivity contribution in [1.82, 2.24) is 10.1 Å². The average Bonchev–Trinajstić information content (AvgIpc) is 3.40. The van der Waals surface area contributed by atoms with Gasteiger partial charge in [-0.05, 0) is 43.3 Å². The van der Waals surface area contributed by atoms with E-state index in [1.54, 1.807) is 24.3 Å². The van der Waals surface area contributed by atoms with Crippen molar-refractivity contribution in [1.29, 1.82) is 0 Å². The number of amides is 1. The molecule has 0 aliphatic heterocycles. The maximum atomic E-state index is 12.3. The molecule has 0 fully saturated rings. The minimum absolute atomic E-state index is 0.112. The Morgan fingerprint density at radius 3 is 2.68 bits per heavy atom. The number of anilines is 1. The van der Waals surface area contributed by atoms with Crippen LogP contribution in [-0.2, 0) is 4.79 Å². The lowest BCUT2D eigenvalue weighted by molar-refractivity contribution is -0.118. The normalized spacial score (nSPS) is 10.6. The molecule has 0 spiro atoms. The molecule has 1 N–H and O–H groups in total. The second kappa shape index (κ2) is 7.79. The topological polar surface area (TPSA) is 90.4 Å². The van der Waals surface area contributed by atoms with Gasteiger partial charge in [-0.1, -0.05) is 35.0 Å². The van der Waals surface area contributed by atoms with E-state index in [0.717, 1.165) is 5.56 Å². The fourth-order valence-corrected chi connectivity index (χ4v) is 2.59. The summed E-state index contributed by atoms with van der Waals surface area (Å²) in [6, 6.07) is 18.2. The van der Waals surface area contributed by atoms with E-state index in [2.05, 4.69) is 15.5 Å². The third-order valence-corrected chi connectivity index (χ3v) is 3.99. The Morgan fingerprint density at radius 2 is 1.89 bits per heavy atom. The molecular formula is C21H17N3O4. The summed E-state index contributed by atoms with van der Waals surface area (Å²) >= 11 is 0. The van der Waals surface area contributed by atoms with E-state index in [1.807, 2.05) is 43.3 Å². The van der Waals surface area contributed by atoms with E-state index in [9.17, 15) is 4.79 Å². The summed E-state index contributed by atoms with van der Waals surface area (Å²) in [5.41, 5.74) is 2.28. The van der Waals surface area contributed by atoms with E-state index >= 15 is 0 Å². The second-order valence-electron chi connectivity index (χ2n) is 6.10. The number of benzene rings is 2. The van der Waals surface area contributed by atoms with Crippen molar-refractivity contribution in [3.8, 4) is 28.8 Å². The molecule has 0 unspecified atom stereocenters. The molecule has 4 rings (SSSR count). The predicted molar refractivity (Wildman–Crippen MR) is 103 cm³/mol. The molecule has 0 saturated carbocycles. The highest BCUT2D eigenvalue weighted by Crippen LogP contribution is 2.28. The number of nitrogens with one attached hydrogen (secondary N) is 1. The van der Waals surface area contributed by atoms with Crippen molar-refractivity contribution < 1.29 is 18.5 Å². The molecule has 0 saturated heterocycles. The van der Waals surface area contributed by atoms with E-state index in [4.69, 9.17) is 13.7 Å². The lowest BCUT2D eigenvalue weighted by Gasteiger charge is -2.10. The van der Waals surface area contributed by atoms with Gasteiger partial charge in [-0.3, -0.25) is 4.79 Å². The minimum atomic E-state index is -0.293. The predicted octanol–water partition coefficient (Wildman–Crippen LogP) is 4.32. The van der Waals surface area contributed by atoms with E-state index in [1.165, 1.54) is 6.26 Å². The smallest absolute Gasteiger partial charge is 0.262 e. The van der Waals surface area contributed by atoms with Crippen LogP contribution >= 0.6 is 0 Å². The fourth-order valence-electron chi connectivity index (χ4n) is 2.59. The van der Waals surface area contributed by atoms with Gasteiger partial charge in [-0.25, -0.2) is 0 Å². The van der Waals surface area contributed by atoms with Crippen LogP contribution in [0.4, 0.5) is 5.69 Å². The van der Waals surface area contributed by atoms with Gasteiger partial charge in [0, 0.05) is 0 Å².